The maximum Gasteiger partial charge on any atom is 0.0344 e. The van der Waals surface area contributed by atoms with Crippen molar-refractivity contribution in [1.29, 1.82) is 0 Å². The number of allylic oxidation sites excluding steroid dienone is 5. The Bertz CT molecular complexity index is 955. The largest absolute Gasteiger partial charge is 0.387 e. The van der Waals surface area contributed by atoms with E-state index in [1.54, 1.807) is 5.57 Å². The summed E-state index contributed by atoms with van der Waals surface area (Å²) >= 11 is 0. The molecule has 212 valence electrons. The Morgan fingerprint density at radius 2 is 1.49 bits per heavy atom. The zero-order valence-corrected chi connectivity index (χ0v) is 25.4. The number of rotatable bonds is 14. The summed E-state index contributed by atoms with van der Waals surface area (Å²) in [5, 5.41) is 3.45. The predicted molar refractivity (Wildman–Crippen MR) is 173 cm³/mol. The molecule has 1 aliphatic carbocycles. The van der Waals surface area contributed by atoms with Crippen LogP contribution in [0.2, 0.25) is 0 Å². The average molecular weight is 527 g/mol. The van der Waals surface area contributed by atoms with E-state index in [2.05, 4.69) is 143 Å². The van der Waals surface area contributed by atoms with Gasteiger partial charge in [-0.05, 0) is 50.4 Å². The molecule has 0 fully saturated rings. The van der Waals surface area contributed by atoms with Gasteiger partial charge < -0.3 is 10.2 Å². The molecular formula is C37H54N2. The molecule has 1 unspecified atom stereocenters. The molecule has 1 N–H and O–H groups in total. The van der Waals surface area contributed by atoms with Crippen molar-refractivity contribution in [2.24, 2.45) is 11.8 Å². The normalized spacial score (nSPS) is 17.1. The molecule has 0 spiro atoms. The standard InChI is InChI=1S/C22H38N2.C15H16/c1-6-10-20(11-7-2)18-21-12-8-14-22(15-9-13-21)19(3)23-16-17-24(4)5;1-2-15(13-9-5-3-6-10-13)14-11-7-4-8-12-14/h8-9,12,14-15,20,22-23H,3,6-7,10-11,13,16-18H2,1-2,4-5H3;3-12,15H,2H2,1H3/b14-8-,15-9?,21-12+;. The molecule has 2 aromatic rings. The van der Waals surface area contributed by atoms with Crippen molar-refractivity contribution in [2.45, 2.75) is 71.6 Å². The first-order chi connectivity index (χ1) is 19.0. The molecule has 0 bridgehead atoms. The Balaban J connectivity index is 0.000000302. The van der Waals surface area contributed by atoms with Gasteiger partial charge in [-0.15, -0.1) is 0 Å². The number of nitrogens with zero attached hydrogens (tertiary/aromatic N) is 1. The topological polar surface area (TPSA) is 15.3 Å². The first kappa shape index (κ1) is 32.4. The second kappa shape index (κ2) is 19.3. The van der Waals surface area contributed by atoms with Crippen molar-refractivity contribution >= 4 is 0 Å². The van der Waals surface area contributed by atoms with Gasteiger partial charge in [0, 0.05) is 30.6 Å². The third-order valence-corrected chi connectivity index (χ3v) is 7.44. The highest BCUT2D eigenvalue weighted by Gasteiger charge is 2.12. The fourth-order valence-electron chi connectivity index (χ4n) is 5.32. The molecule has 0 heterocycles. The minimum atomic E-state index is 0.298. The smallest absolute Gasteiger partial charge is 0.0344 e. The van der Waals surface area contributed by atoms with Crippen LogP contribution in [0.3, 0.4) is 0 Å². The SMILES string of the molecule is C=C(NCCN(C)C)C1C=CC/C(CC(CCC)CCC)=C\C=C/1.CCC(c1ccccc1)c1ccccc1. The van der Waals surface area contributed by atoms with Gasteiger partial charge in [0.25, 0.3) is 0 Å². The Morgan fingerprint density at radius 3 is 2.00 bits per heavy atom. The summed E-state index contributed by atoms with van der Waals surface area (Å²) < 4.78 is 0. The zero-order chi connectivity index (χ0) is 28.3. The number of hydrogen-bond donors (Lipinski definition) is 1. The summed E-state index contributed by atoms with van der Waals surface area (Å²) in [4.78, 5) is 2.18. The lowest BCUT2D eigenvalue weighted by Gasteiger charge is -2.19. The summed E-state index contributed by atoms with van der Waals surface area (Å²) in [7, 11) is 4.19. The van der Waals surface area contributed by atoms with E-state index in [1.165, 1.54) is 43.2 Å². The molecular weight excluding hydrogens is 472 g/mol. The van der Waals surface area contributed by atoms with Crippen LogP contribution in [-0.4, -0.2) is 32.1 Å². The maximum atomic E-state index is 4.21. The van der Waals surface area contributed by atoms with Crippen LogP contribution in [0.25, 0.3) is 0 Å². The average Bonchev–Trinajstić information content (AvgIpc) is 2.92. The van der Waals surface area contributed by atoms with Crippen LogP contribution < -0.4 is 5.32 Å². The highest BCUT2D eigenvalue weighted by Crippen LogP contribution is 2.27. The van der Waals surface area contributed by atoms with E-state index in [0.29, 0.717) is 11.8 Å². The van der Waals surface area contributed by atoms with Crippen molar-refractivity contribution in [1.82, 2.24) is 10.2 Å². The molecule has 0 aliphatic heterocycles. The minimum absolute atomic E-state index is 0.298. The Morgan fingerprint density at radius 1 is 0.897 bits per heavy atom. The van der Waals surface area contributed by atoms with Crippen LogP contribution >= 0.6 is 0 Å². The van der Waals surface area contributed by atoms with E-state index in [9.17, 15) is 0 Å². The summed E-state index contributed by atoms with van der Waals surface area (Å²) in [6, 6.07) is 21.4. The molecule has 2 aromatic carbocycles. The zero-order valence-electron chi connectivity index (χ0n) is 25.4. The molecule has 3 rings (SSSR count). The summed E-state index contributed by atoms with van der Waals surface area (Å²) in [5.41, 5.74) is 5.48. The van der Waals surface area contributed by atoms with Gasteiger partial charge in [-0.3, -0.25) is 0 Å². The molecule has 0 saturated carbocycles. The predicted octanol–water partition coefficient (Wildman–Crippen LogP) is 9.54. The van der Waals surface area contributed by atoms with E-state index in [4.69, 9.17) is 0 Å². The lowest BCUT2D eigenvalue weighted by atomic mass is 9.88. The van der Waals surface area contributed by atoms with Gasteiger partial charge in [-0.2, -0.15) is 0 Å². The van der Waals surface area contributed by atoms with Gasteiger partial charge in [0.2, 0.25) is 0 Å². The van der Waals surface area contributed by atoms with Gasteiger partial charge in [-0.1, -0.05) is 150 Å². The Kier molecular flexibility index (Phi) is 16.0. The molecule has 2 nitrogen and oxygen atoms in total. The van der Waals surface area contributed by atoms with E-state index >= 15 is 0 Å². The maximum absolute atomic E-state index is 4.21. The highest BCUT2D eigenvalue weighted by atomic mass is 15.1. The van der Waals surface area contributed by atoms with Crippen LogP contribution in [-0.2, 0) is 0 Å². The van der Waals surface area contributed by atoms with Crippen LogP contribution in [0, 0.1) is 11.8 Å². The minimum Gasteiger partial charge on any atom is -0.387 e. The van der Waals surface area contributed by atoms with E-state index in [0.717, 1.165) is 37.5 Å². The molecule has 0 radical (unpaired) electrons. The lowest BCUT2D eigenvalue weighted by Crippen LogP contribution is -2.27. The van der Waals surface area contributed by atoms with Gasteiger partial charge in [0.15, 0.2) is 0 Å². The van der Waals surface area contributed by atoms with E-state index in [1.807, 2.05) is 0 Å². The van der Waals surface area contributed by atoms with Crippen LogP contribution in [0.4, 0.5) is 0 Å². The molecule has 39 heavy (non-hydrogen) atoms. The third-order valence-electron chi connectivity index (χ3n) is 7.44. The second-order valence-electron chi connectivity index (χ2n) is 11.1. The molecule has 0 saturated heterocycles. The fraction of sp³-hybridized carbons (Fsp3) is 0.459. The monoisotopic (exact) mass is 526 g/mol. The lowest BCUT2D eigenvalue weighted by molar-refractivity contribution is 0.406. The fourth-order valence-corrected chi connectivity index (χ4v) is 5.32. The molecule has 1 atom stereocenters. The van der Waals surface area contributed by atoms with E-state index < -0.39 is 0 Å². The van der Waals surface area contributed by atoms with Crippen molar-refractivity contribution in [3.8, 4) is 0 Å². The van der Waals surface area contributed by atoms with Crippen molar-refractivity contribution in [2.75, 3.05) is 27.2 Å². The number of nitrogens with one attached hydrogen (secondary N) is 1. The number of likely N-dealkylation sites (N-methyl/N-ethyl adjacent to an activating group) is 1. The van der Waals surface area contributed by atoms with E-state index in [-0.39, 0.29) is 0 Å². The quantitative estimate of drug-likeness (QED) is 0.247. The van der Waals surface area contributed by atoms with Crippen LogP contribution in [0.5, 0.6) is 0 Å². The molecule has 1 aliphatic rings. The van der Waals surface area contributed by atoms with Crippen molar-refractivity contribution in [3.63, 3.8) is 0 Å². The van der Waals surface area contributed by atoms with Gasteiger partial charge in [0.1, 0.15) is 0 Å². The van der Waals surface area contributed by atoms with Gasteiger partial charge in [-0.25, -0.2) is 0 Å². The van der Waals surface area contributed by atoms with Crippen LogP contribution in [0.15, 0.2) is 109 Å². The number of benzene rings is 2. The first-order valence-corrected chi connectivity index (χ1v) is 15.2. The Hall–Kier alpha value is -2.84. The molecule has 2 heteroatoms. The first-order valence-electron chi connectivity index (χ1n) is 15.2. The van der Waals surface area contributed by atoms with Crippen molar-refractivity contribution in [3.05, 3.63) is 120 Å². The third kappa shape index (κ3) is 12.7. The molecule has 0 amide bonds. The molecule has 0 aromatic heterocycles. The summed E-state index contributed by atoms with van der Waals surface area (Å²) in [6.07, 6.45) is 20.2. The van der Waals surface area contributed by atoms with Gasteiger partial charge in [0.05, 0.1) is 0 Å². The number of hydrogen-bond acceptors (Lipinski definition) is 2. The van der Waals surface area contributed by atoms with Crippen LogP contribution in [0.1, 0.15) is 82.8 Å². The summed E-state index contributed by atoms with van der Waals surface area (Å²) in [6.45, 7) is 13.0. The Labute approximate surface area is 240 Å². The van der Waals surface area contributed by atoms with Gasteiger partial charge >= 0.3 is 0 Å². The summed E-state index contributed by atoms with van der Waals surface area (Å²) in [5.74, 6) is 1.69. The second-order valence-corrected chi connectivity index (χ2v) is 11.1. The highest BCUT2D eigenvalue weighted by molar-refractivity contribution is 5.32. The van der Waals surface area contributed by atoms with Crippen molar-refractivity contribution < 1.29 is 0 Å².